The first-order valence-corrected chi connectivity index (χ1v) is 8.54. The molecule has 0 aliphatic carbocycles. The Morgan fingerprint density at radius 2 is 2.03 bits per heavy atom. The highest BCUT2D eigenvalue weighted by Gasteiger charge is 2.49. The minimum atomic E-state index is -3.47. The number of amidine groups is 1. The number of alkyl carbamates (subject to hydrolysis) is 1. The van der Waals surface area contributed by atoms with Gasteiger partial charge in [0.05, 0.1) is 18.0 Å². The Bertz CT molecular complexity index is 902. The van der Waals surface area contributed by atoms with Gasteiger partial charge in [-0.05, 0) is 26.8 Å². The molecule has 1 heterocycles. The molecule has 1 aromatic carbocycles. The van der Waals surface area contributed by atoms with Gasteiger partial charge >= 0.3 is 12.2 Å². The topological polar surface area (TPSA) is 134 Å². The fraction of sp³-hybridized carbons (Fsp3) is 0.471. The molecule has 0 spiro atoms. The molecule has 30 heavy (non-hydrogen) atoms. The normalized spacial score (nSPS) is 19.3. The van der Waals surface area contributed by atoms with Crippen LogP contribution in [-0.4, -0.2) is 58.1 Å². The van der Waals surface area contributed by atoms with Crippen molar-refractivity contribution in [3.63, 3.8) is 0 Å². The van der Waals surface area contributed by atoms with Crippen LogP contribution in [-0.2, 0) is 10.3 Å². The number of nitrogens with one attached hydrogen (secondary N) is 1. The molecule has 13 heteroatoms. The van der Waals surface area contributed by atoms with E-state index in [0.717, 1.165) is 6.07 Å². The van der Waals surface area contributed by atoms with Crippen molar-refractivity contribution in [1.82, 2.24) is 10.2 Å². The van der Waals surface area contributed by atoms with Gasteiger partial charge in [0.25, 0.3) is 12.1 Å². The summed E-state index contributed by atoms with van der Waals surface area (Å²) in [6, 6.07) is 1.97. The van der Waals surface area contributed by atoms with Crippen molar-refractivity contribution >= 4 is 23.7 Å². The maximum atomic E-state index is 14.5. The Balaban J connectivity index is 2.60. The predicted molar refractivity (Wildman–Crippen MR) is 97.1 cm³/mol. The Morgan fingerprint density at radius 3 is 2.53 bits per heavy atom. The second-order valence-electron chi connectivity index (χ2n) is 7.47. The number of halogens is 3. The molecule has 2 amide bonds. The average molecular weight is 432 g/mol. The Labute approximate surface area is 168 Å². The summed E-state index contributed by atoms with van der Waals surface area (Å²) in [4.78, 5) is 37.8. The zero-order valence-corrected chi connectivity index (χ0v) is 16.2. The SMILES string of the molecule is CC(C)(C)OC(=O)NC1=NC(c2cc([N+](=O)[O-])ccc2F)(C(F)F)CN(C(=O)O)C1. The van der Waals surface area contributed by atoms with E-state index in [4.69, 9.17) is 4.74 Å². The number of nitrogens with zero attached hydrogens (tertiary/aromatic N) is 3. The summed E-state index contributed by atoms with van der Waals surface area (Å²) in [6.45, 7) is 3.05. The number of rotatable bonds is 3. The first-order chi connectivity index (χ1) is 13.7. The van der Waals surface area contributed by atoms with Crippen LogP contribution in [0.5, 0.6) is 0 Å². The molecule has 1 aromatic rings. The maximum Gasteiger partial charge on any atom is 0.413 e. The summed E-state index contributed by atoms with van der Waals surface area (Å²) in [6.07, 6.45) is -6.19. The first kappa shape index (κ1) is 22.9. The van der Waals surface area contributed by atoms with Crippen LogP contribution in [0, 0.1) is 15.9 Å². The van der Waals surface area contributed by atoms with Crippen LogP contribution in [0.1, 0.15) is 26.3 Å². The van der Waals surface area contributed by atoms with E-state index in [2.05, 4.69) is 10.3 Å². The lowest BCUT2D eigenvalue weighted by atomic mass is 9.88. The molecule has 10 nitrogen and oxygen atoms in total. The lowest BCUT2D eigenvalue weighted by Crippen LogP contribution is -2.56. The smallest absolute Gasteiger partial charge is 0.413 e. The number of carbonyl (C=O) groups excluding carboxylic acids is 1. The van der Waals surface area contributed by atoms with Gasteiger partial charge in [0.1, 0.15) is 17.3 Å². The molecule has 1 aliphatic heterocycles. The van der Waals surface area contributed by atoms with Gasteiger partial charge in [-0.25, -0.2) is 22.8 Å². The van der Waals surface area contributed by atoms with Crippen LogP contribution >= 0.6 is 0 Å². The van der Waals surface area contributed by atoms with Crippen LogP contribution in [0.4, 0.5) is 28.4 Å². The van der Waals surface area contributed by atoms with E-state index in [9.17, 15) is 38.0 Å². The number of carbonyl (C=O) groups is 2. The van der Waals surface area contributed by atoms with Gasteiger partial charge in [0.15, 0.2) is 5.54 Å². The molecule has 2 rings (SSSR count). The van der Waals surface area contributed by atoms with Crippen LogP contribution in [0.15, 0.2) is 23.2 Å². The first-order valence-electron chi connectivity index (χ1n) is 8.54. The van der Waals surface area contributed by atoms with Crippen molar-refractivity contribution in [1.29, 1.82) is 0 Å². The number of amides is 2. The number of ether oxygens (including phenoxy) is 1. The van der Waals surface area contributed by atoms with Crippen LogP contribution in [0.3, 0.4) is 0 Å². The van der Waals surface area contributed by atoms with Crippen molar-refractivity contribution in [2.45, 2.75) is 38.3 Å². The second kappa shape index (κ2) is 8.16. The van der Waals surface area contributed by atoms with Gasteiger partial charge in [0.2, 0.25) is 0 Å². The zero-order chi connectivity index (χ0) is 22.9. The predicted octanol–water partition coefficient (Wildman–Crippen LogP) is 3.11. The number of carboxylic acid groups (broad SMARTS) is 1. The average Bonchev–Trinajstić information content (AvgIpc) is 2.59. The van der Waals surface area contributed by atoms with Gasteiger partial charge in [-0.2, -0.15) is 0 Å². The molecule has 1 unspecified atom stereocenters. The number of benzene rings is 1. The Morgan fingerprint density at radius 1 is 1.40 bits per heavy atom. The summed E-state index contributed by atoms with van der Waals surface area (Å²) in [5, 5.41) is 22.4. The van der Waals surface area contributed by atoms with Crippen molar-refractivity contribution in [2.75, 3.05) is 13.1 Å². The number of nitro benzene ring substituents is 1. The molecule has 0 bridgehead atoms. The summed E-state index contributed by atoms with van der Waals surface area (Å²) in [7, 11) is 0. The Kier molecular flexibility index (Phi) is 6.23. The Hall–Kier alpha value is -3.38. The van der Waals surface area contributed by atoms with E-state index in [1.54, 1.807) is 20.8 Å². The van der Waals surface area contributed by atoms with Crippen LogP contribution in [0.2, 0.25) is 0 Å². The summed E-state index contributed by atoms with van der Waals surface area (Å²) in [5.74, 6) is -1.77. The minimum Gasteiger partial charge on any atom is -0.465 e. The molecule has 1 aliphatic rings. The van der Waals surface area contributed by atoms with Crippen molar-refractivity contribution in [3.8, 4) is 0 Å². The number of hydrogen-bond donors (Lipinski definition) is 2. The minimum absolute atomic E-state index is 0.490. The van der Waals surface area contributed by atoms with Crippen molar-refractivity contribution in [3.05, 3.63) is 39.7 Å². The van der Waals surface area contributed by atoms with E-state index >= 15 is 0 Å². The summed E-state index contributed by atoms with van der Waals surface area (Å²) < 4.78 is 47.8. The van der Waals surface area contributed by atoms with Gasteiger partial charge in [0, 0.05) is 17.7 Å². The maximum absolute atomic E-state index is 14.5. The highest BCUT2D eigenvalue weighted by Crippen LogP contribution is 2.39. The number of aliphatic imine (C=N–C) groups is 1. The van der Waals surface area contributed by atoms with E-state index in [1.165, 1.54) is 0 Å². The molecular formula is C17H19F3N4O6. The van der Waals surface area contributed by atoms with Gasteiger partial charge in [-0.1, -0.05) is 0 Å². The molecule has 0 radical (unpaired) electrons. The number of nitro groups is 1. The van der Waals surface area contributed by atoms with E-state index in [1.807, 2.05) is 0 Å². The number of hydrogen-bond acceptors (Lipinski definition) is 6. The molecule has 0 saturated heterocycles. The standard InChI is InChI=1S/C17H19F3N4O6/c1-16(2,3)30-14(25)21-12-7-23(15(26)27)8-17(22-12,13(19)20)10-6-9(24(28)29)4-5-11(10)18/h4-6,13H,7-8H2,1-3H3,(H,26,27)(H,21,22,25). The van der Waals surface area contributed by atoms with Gasteiger partial charge < -0.3 is 9.84 Å². The molecule has 0 aromatic heterocycles. The third-order valence-corrected chi connectivity index (χ3v) is 4.01. The summed E-state index contributed by atoms with van der Waals surface area (Å²) in [5.41, 5.74) is -5.33. The van der Waals surface area contributed by atoms with Crippen molar-refractivity contribution in [2.24, 2.45) is 4.99 Å². The van der Waals surface area contributed by atoms with Crippen molar-refractivity contribution < 1.29 is 37.5 Å². The van der Waals surface area contributed by atoms with E-state index < -0.39 is 70.7 Å². The lowest BCUT2D eigenvalue weighted by Gasteiger charge is -2.38. The van der Waals surface area contributed by atoms with E-state index in [0.29, 0.717) is 17.0 Å². The summed E-state index contributed by atoms with van der Waals surface area (Å²) >= 11 is 0. The number of alkyl halides is 2. The van der Waals surface area contributed by atoms with E-state index in [-0.39, 0.29) is 0 Å². The number of non-ortho nitro benzene ring substituents is 1. The quantitative estimate of drug-likeness (QED) is 0.557. The molecule has 164 valence electrons. The highest BCUT2D eigenvalue weighted by atomic mass is 19.3. The molecule has 0 saturated carbocycles. The fourth-order valence-corrected chi connectivity index (χ4v) is 2.80. The fourth-order valence-electron chi connectivity index (χ4n) is 2.80. The zero-order valence-electron chi connectivity index (χ0n) is 16.2. The van der Waals surface area contributed by atoms with Gasteiger partial charge in [-0.15, -0.1) is 0 Å². The third-order valence-electron chi connectivity index (χ3n) is 4.01. The largest absolute Gasteiger partial charge is 0.465 e. The van der Waals surface area contributed by atoms with Gasteiger partial charge in [-0.3, -0.25) is 25.3 Å². The molecular weight excluding hydrogens is 413 g/mol. The van der Waals surface area contributed by atoms with Crippen LogP contribution in [0.25, 0.3) is 0 Å². The lowest BCUT2D eigenvalue weighted by molar-refractivity contribution is -0.385. The molecule has 0 fully saturated rings. The third kappa shape index (κ3) is 4.96. The molecule has 1 atom stereocenters. The molecule has 2 N–H and O–H groups in total. The monoisotopic (exact) mass is 432 g/mol. The highest BCUT2D eigenvalue weighted by molar-refractivity contribution is 5.98. The van der Waals surface area contributed by atoms with Crippen LogP contribution < -0.4 is 5.32 Å². The second-order valence-corrected chi connectivity index (χ2v) is 7.47.